The molecule has 43 heavy (non-hydrogen) atoms. The van der Waals surface area contributed by atoms with Crippen molar-refractivity contribution in [1.29, 1.82) is 0 Å². The number of rotatable bonds is 10. The highest BCUT2D eigenvalue weighted by Gasteiger charge is 2.18. The van der Waals surface area contributed by atoms with Crippen LogP contribution < -0.4 is 15.5 Å². The first kappa shape index (κ1) is 29.0. The molecule has 2 amide bonds. The van der Waals surface area contributed by atoms with Crippen molar-refractivity contribution in [2.45, 2.75) is 17.9 Å². The number of nitrogens with zero attached hydrogens (tertiary/aromatic N) is 3. The minimum Gasteiger partial charge on any atom is -0.496 e. The zero-order valence-electron chi connectivity index (χ0n) is 23.1. The van der Waals surface area contributed by atoms with Crippen molar-refractivity contribution in [3.8, 4) is 5.75 Å². The first-order chi connectivity index (χ1) is 20.8. The lowest BCUT2D eigenvalue weighted by molar-refractivity contribution is -0.385. The average molecular weight is 596 g/mol. The molecule has 1 aromatic heterocycles. The van der Waals surface area contributed by atoms with Crippen LogP contribution in [0.3, 0.4) is 0 Å². The summed E-state index contributed by atoms with van der Waals surface area (Å²) in [5, 5.41) is 18.5. The first-order valence-electron chi connectivity index (χ1n) is 13.0. The van der Waals surface area contributed by atoms with Gasteiger partial charge in [0.2, 0.25) is 0 Å². The normalized spacial score (nSPS) is 11.0. The number of nitro benzene ring substituents is 1. The monoisotopic (exact) mass is 595 g/mol. The van der Waals surface area contributed by atoms with E-state index in [0.29, 0.717) is 28.0 Å². The molecule has 0 aliphatic heterocycles. The fourth-order valence-corrected chi connectivity index (χ4v) is 5.06. The molecule has 11 nitrogen and oxygen atoms in total. The van der Waals surface area contributed by atoms with Gasteiger partial charge in [-0.3, -0.25) is 19.7 Å². The molecule has 0 aliphatic carbocycles. The van der Waals surface area contributed by atoms with E-state index in [-0.39, 0.29) is 16.8 Å². The number of hydrogen-bond acceptors (Lipinski definition) is 9. The van der Waals surface area contributed by atoms with Gasteiger partial charge in [0.05, 0.1) is 18.2 Å². The van der Waals surface area contributed by atoms with Crippen LogP contribution in [0, 0.1) is 17.0 Å². The molecule has 216 valence electrons. The lowest BCUT2D eigenvalue weighted by Gasteiger charge is -2.09. The molecule has 0 saturated heterocycles. The lowest BCUT2D eigenvalue weighted by Crippen LogP contribution is -2.18. The Morgan fingerprint density at radius 3 is 2.58 bits per heavy atom. The van der Waals surface area contributed by atoms with Gasteiger partial charge >= 0.3 is 0 Å². The summed E-state index contributed by atoms with van der Waals surface area (Å²) in [5.74, 6) is 0.323. The molecule has 0 unspecified atom stereocenters. The minimum atomic E-state index is -0.531. The summed E-state index contributed by atoms with van der Waals surface area (Å²) >= 11 is 1.44. The van der Waals surface area contributed by atoms with Gasteiger partial charge in [-0.2, -0.15) is 5.10 Å². The van der Waals surface area contributed by atoms with Crippen LogP contribution in [0.2, 0.25) is 0 Å². The maximum Gasteiger partial charge on any atom is 0.273 e. The van der Waals surface area contributed by atoms with Crippen molar-refractivity contribution in [1.82, 2.24) is 10.4 Å². The third kappa shape index (κ3) is 6.88. The number of hydrazone groups is 1. The lowest BCUT2D eigenvalue weighted by atomic mass is 10.1. The minimum absolute atomic E-state index is 0.134. The van der Waals surface area contributed by atoms with Crippen LogP contribution in [0.5, 0.6) is 5.75 Å². The number of anilines is 1. The summed E-state index contributed by atoms with van der Waals surface area (Å²) in [6.07, 6.45) is 1.53. The van der Waals surface area contributed by atoms with E-state index < -0.39 is 16.7 Å². The zero-order valence-corrected chi connectivity index (χ0v) is 23.9. The molecule has 1 heterocycles. The van der Waals surface area contributed by atoms with Crippen molar-refractivity contribution in [2.75, 3.05) is 12.4 Å². The highest BCUT2D eigenvalue weighted by molar-refractivity contribution is 7.98. The standard InChI is InChI=1S/C31H25N5O6S/c1-19-24(6-5-8-26(19)36(39)40)30(38)33-23-13-11-21(12-14-23)29(37)35-32-17-20-10-15-27(41-2)22(16-20)18-43-31-34-25-7-3-4-9-28(25)42-31/h3-17H,18H2,1-2H3,(H,33,38)(H,35,37)/b32-17-. The number of thioether (sulfide) groups is 1. The maximum absolute atomic E-state index is 12.7. The van der Waals surface area contributed by atoms with Gasteiger partial charge in [0, 0.05) is 39.8 Å². The molecule has 0 spiro atoms. The number of nitro groups is 1. The second kappa shape index (κ2) is 13.0. The van der Waals surface area contributed by atoms with Gasteiger partial charge in [-0.05, 0) is 73.2 Å². The van der Waals surface area contributed by atoms with Crippen LogP contribution in [-0.2, 0) is 5.75 Å². The summed E-state index contributed by atoms with van der Waals surface area (Å²) in [6.45, 7) is 1.52. The Labute approximate surface area is 250 Å². The molecule has 0 radical (unpaired) electrons. The Bertz CT molecular complexity index is 1820. The molecule has 0 saturated carbocycles. The number of hydrogen-bond donors (Lipinski definition) is 2. The van der Waals surface area contributed by atoms with Gasteiger partial charge < -0.3 is 14.5 Å². The number of carbonyl (C=O) groups is 2. The molecule has 2 N–H and O–H groups in total. The van der Waals surface area contributed by atoms with Gasteiger partial charge in [0.1, 0.15) is 11.3 Å². The van der Waals surface area contributed by atoms with Gasteiger partial charge in [0.15, 0.2) is 5.58 Å². The number of amides is 2. The molecule has 0 fully saturated rings. The molecule has 5 rings (SSSR count). The fraction of sp³-hybridized carbons (Fsp3) is 0.0968. The Morgan fingerprint density at radius 2 is 1.84 bits per heavy atom. The third-order valence-electron chi connectivity index (χ3n) is 6.46. The molecular weight excluding hydrogens is 570 g/mol. The van der Waals surface area contributed by atoms with Gasteiger partial charge in [-0.1, -0.05) is 30.0 Å². The fourth-order valence-electron chi connectivity index (χ4n) is 4.24. The smallest absolute Gasteiger partial charge is 0.273 e. The number of para-hydroxylation sites is 2. The number of nitrogens with one attached hydrogen (secondary N) is 2. The molecule has 4 aromatic carbocycles. The third-order valence-corrected chi connectivity index (χ3v) is 7.34. The van der Waals surface area contributed by atoms with E-state index in [1.165, 1.54) is 55.2 Å². The van der Waals surface area contributed by atoms with Gasteiger partial charge in [-0.25, -0.2) is 10.4 Å². The molecule has 0 bridgehead atoms. The molecular formula is C31H25N5O6S. The number of oxazole rings is 1. The van der Waals surface area contributed by atoms with Crippen molar-refractivity contribution >= 4 is 52.3 Å². The van der Waals surface area contributed by atoms with Crippen molar-refractivity contribution in [3.63, 3.8) is 0 Å². The van der Waals surface area contributed by atoms with E-state index in [1.807, 2.05) is 42.5 Å². The Balaban J connectivity index is 1.18. The predicted octanol–water partition coefficient (Wildman–Crippen LogP) is 6.36. The van der Waals surface area contributed by atoms with E-state index in [1.54, 1.807) is 19.2 Å². The van der Waals surface area contributed by atoms with Crippen molar-refractivity contribution < 1.29 is 23.7 Å². The van der Waals surface area contributed by atoms with Crippen LogP contribution in [-0.4, -0.2) is 35.0 Å². The van der Waals surface area contributed by atoms with E-state index in [4.69, 9.17) is 9.15 Å². The number of benzene rings is 4. The topological polar surface area (TPSA) is 149 Å². The van der Waals surface area contributed by atoms with E-state index in [0.717, 1.165) is 22.2 Å². The van der Waals surface area contributed by atoms with E-state index >= 15 is 0 Å². The summed E-state index contributed by atoms with van der Waals surface area (Å²) in [7, 11) is 1.60. The van der Waals surface area contributed by atoms with Crippen molar-refractivity contribution in [2.24, 2.45) is 5.10 Å². The summed E-state index contributed by atoms with van der Waals surface area (Å²) in [6, 6.07) is 23.6. The van der Waals surface area contributed by atoms with Crippen LogP contribution in [0.1, 0.15) is 37.4 Å². The van der Waals surface area contributed by atoms with Crippen LogP contribution in [0.15, 0.2) is 99.7 Å². The second-order valence-electron chi connectivity index (χ2n) is 9.24. The first-order valence-corrected chi connectivity index (χ1v) is 13.9. The number of fused-ring (bicyclic) bond motifs is 1. The Kier molecular flexibility index (Phi) is 8.77. The highest BCUT2D eigenvalue weighted by atomic mass is 32.2. The Morgan fingerprint density at radius 1 is 1.05 bits per heavy atom. The number of methoxy groups -OCH3 is 1. The number of ether oxygens (including phenoxy) is 1. The Hall–Kier alpha value is -5.49. The molecule has 12 heteroatoms. The quantitative estimate of drug-likeness (QED) is 0.0820. The summed E-state index contributed by atoms with van der Waals surface area (Å²) < 4.78 is 11.3. The largest absolute Gasteiger partial charge is 0.496 e. The van der Waals surface area contributed by atoms with E-state index in [2.05, 4.69) is 20.8 Å². The van der Waals surface area contributed by atoms with E-state index in [9.17, 15) is 19.7 Å². The van der Waals surface area contributed by atoms with Crippen LogP contribution in [0.4, 0.5) is 11.4 Å². The van der Waals surface area contributed by atoms with Gasteiger partial charge in [0.25, 0.3) is 22.7 Å². The predicted molar refractivity (Wildman–Crippen MR) is 164 cm³/mol. The second-order valence-corrected chi connectivity index (χ2v) is 10.2. The molecule has 0 aliphatic rings. The number of carbonyl (C=O) groups excluding carboxylic acids is 2. The maximum atomic E-state index is 12.7. The molecule has 0 atom stereocenters. The summed E-state index contributed by atoms with van der Waals surface area (Å²) in [5.41, 5.74) is 6.76. The zero-order chi connectivity index (χ0) is 30.3. The number of aromatic nitrogens is 1. The highest BCUT2D eigenvalue weighted by Crippen LogP contribution is 2.30. The average Bonchev–Trinajstić information content (AvgIpc) is 3.43. The summed E-state index contributed by atoms with van der Waals surface area (Å²) in [4.78, 5) is 40.4. The van der Waals surface area contributed by atoms with Crippen molar-refractivity contribution in [3.05, 3.63) is 123 Å². The SMILES string of the molecule is COc1ccc(/C=N\NC(=O)c2ccc(NC(=O)c3cccc([N+](=O)[O-])c3C)cc2)cc1CSc1nc2ccccc2o1. The van der Waals surface area contributed by atoms with Crippen LogP contribution in [0.25, 0.3) is 11.1 Å². The van der Waals surface area contributed by atoms with Crippen LogP contribution >= 0.6 is 11.8 Å². The van der Waals surface area contributed by atoms with Gasteiger partial charge in [-0.15, -0.1) is 0 Å². The molecule has 5 aromatic rings.